The van der Waals surface area contributed by atoms with Crippen molar-refractivity contribution in [3.8, 4) is 5.75 Å². The molecule has 8 nitrogen and oxygen atoms in total. The Hall–Kier alpha value is -2.97. The van der Waals surface area contributed by atoms with Crippen LogP contribution in [0.3, 0.4) is 0 Å². The number of aromatic hydroxyl groups is 1. The highest BCUT2D eigenvalue weighted by atomic mass is 16.5. The summed E-state index contributed by atoms with van der Waals surface area (Å²) in [4.78, 5) is 38.8. The minimum absolute atomic E-state index is 0.0559. The fourth-order valence-corrected chi connectivity index (χ4v) is 4.94. The first-order valence-electron chi connectivity index (χ1n) is 9.70. The van der Waals surface area contributed by atoms with Crippen LogP contribution in [0.4, 0.5) is 0 Å². The molecule has 3 aliphatic rings. The highest BCUT2D eigenvalue weighted by molar-refractivity contribution is 6.19. The van der Waals surface area contributed by atoms with Gasteiger partial charge in [0, 0.05) is 17.5 Å². The van der Waals surface area contributed by atoms with Gasteiger partial charge in [0.2, 0.25) is 0 Å². The van der Waals surface area contributed by atoms with E-state index in [9.17, 15) is 34.8 Å². The van der Waals surface area contributed by atoms with Crippen LogP contribution in [-0.4, -0.2) is 50.7 Å². The second-order valence-electron chi connectivity index (χ2n) is 7.99. The van der Waals surface area contributed by atoms with Gasteiger partial charge in [-0.25, -0.2) is 0 Å². The van der Waals surface area contributed by atoms with Crippen molar-refractivity contribution in [3.05, 3.63) is 52.3 Å². The molecule has 0 aromatic heterocycles. The average Bonchev–Trinajstić information content (AvgIpc) is 2.70. The summed E-state index contributed by atoms with van der Waals surface area (Å²) in [5, 5.41) is 42.8. The number of benzene rings is 1. The molecular formula is C22H22O8. The SMILES string of the molecule is CC[C@@]1(O)C[C@H](O)c2c(cc3c(c2O)C(=O)[C@@H]2C(O)=CC=C[C@H]2C3=O)[C@H]1C(=O)OC. The summed E-state index contributed by atoms with van der Waals surface area (Å²) in [6.07, 6.45) is 2.77. The Morgan fingerprint density at radius 3 is 2.60 bits per heavy atom. The first-order chi connectivity index (χ1) is 14.2. The number of hydrogen-bond donors (Lipinski definition) is 4. The van der Waals surface area contributed by atoms with Crippen molar-refractivity contribution in [3.63, 3.8) is 0 Å². The molecule has 0 unspecified atom stereocenters. The van der Waals surface area contributed by atoms with Crippen LogP contribution in [0.5, 0.6) is 5.75 Å². The van der Waals surface area contributed by atoms with Crippen LogP contribution >= 0.6 is 0 Å². The number of ketones is 2. The molecule has 5 atom stereocenters. The molecule has 4 rings (SSSR count). The number of phenolic OH excluding ortho intramolecular Hbond substituents is 1. The fraction of sp³-hybridized carbons (Fsp3) is 0.409. The number of rotatable bonds is 2. The summed E-state index contributed by atoms with van der Waals surface area (Å²) in [5.74, 6) is -6.17. The fourth-order valence-electron chi connectivity index (χ4n) is 4.94. The largest absolute Gasteiger partial charge is 0.512 e. The van der Waals surface area contributed by atoms with Crippen molar-refractivity contribution in [2.24, 2.45) is 11.8 Å². The Kier molecular flexibility index (Phi) is 4.59. The van der Waals surface area contributed by atoms with Gasteiger partial charge in [0.05, 0.1) is 36.2 Å². The van der Waals surface area contributed by atoms with Crippen molar-refractivity contribution in [2.45, 2.75) is 37.4 Å². The van der Waals surface area contributed by atoms with Crippen molar-refractivity contribution in [2.75, 3.05) is 7.11 Å². The number of carbonyl (C=O) groups excluding carboxylic acids is 3. The van der Waals surface area contributed by atoms with Gasteiger partial charge in [0.1, 0.15) is 17.4 Å². The number of ether oxygens (including phenoxy) is 1. The Bertz CT molecular complexity index is 1040. The molecule has 0 bridgehead atoms. The Balaban J connectivity index is 2.00. The summed E-state index contributed by atoms with van der Waals surface area (Å²) < 4.78 is 4.85. The Labute approximate surface area is 172 Å². The van der Waals surface area contributed by atoms with E-state index in [-0.39, 0.29) is 40.9 Å². The van der Waals surface area contributed by atoms with Gasteiger partial charge in [-0.1, -0.05) is 19.1 Å². The Morgan fingerprint density at radius 1 is 1.27 bits per heavy atom. The third kappa shape index (κ3) is 2.57. The molecule has 3 aliphatic carbocycles. The first-order valence-corrected chi connectivity index (χ1v) is 9.70. The molecule has 0 heterocycles. The van der Waals surface area contributed by atoms with Gasteiger partial charge in [0.15, 0.2) is 11.6 Å². The lowest BCUT2D eigenvalue weighted by molar-refractivity contribution is -0.153. The maximum absolute atomic E-state index is 13.1. The summed E-state index contributed by atoms with van der Waals surface area (Å²) in [5.41, 5.74) is -2.09. The highest BCUT2D eigenvalue weighted by Gasteiger charge is 2.52. The first kappa shape index (κ1) is 20.3. The second-order valence-corrected chi connectivity index (χ2v) is 7.99. The number of phenols is 1. The molecule has 0 saturated heterocycles. The van der Waals surface area contributed by atoms with E-state index < -0.39 is 52.7 Å². The number of hydrogen-bond acceptors (Lipinski definition) is 8. The smallest absolute Gasteiger partial charge is 0.316 e. The maximum Gasteiger partial charge on any atom is 0.316 e. The quantitative estimate of drug-likeness (QED) is 0.537. The van der Waals surface area contributed by atoms with Crippen LogP contribution < -0.4 is 0 Å². The summed E-state index contributed by atoms with van der Waals surface area (Å²) in [6, 6.07) is 1.29. The molecular weight excluding hydrogens is 392 g/mol. The van der Waals surface area contributed by atoms with E-state index in [1.165, 1.54) is 24.3 Å². The number of methoxy groups -OCH3 is 1. The van der Waals surface area contributed by atoms with Crippen molar-refractivity contribution >= 4 is 17.5 Å². The zero-order valence-electron chi connectivity index (χ0n) is 16.5. The summed E-state index contributed by atoms with van der Waals surface area (Å²) in [7, 11) is 1.16. The number of fused-ring (bicyclic) bond motifs is 3. The molecule has 1 aromatic carbocycles. The molecule has 158 valence electrons. The lowest BCUT2D eigenvalue weighted by atomic mass is 9.65. The number of Topliss-reactive ketones (excluding diaryl/α,β-unsaturated/α-hetero) is 2. The van der Waals surface area contributed by atoms with Crippen LogP contribution in [0.2, 0.25) is 0 Å². The maximum atomic E-state index is 13.1. The second kappa shape index (κ2) is 6.78. The third-order valence-corrected chi connectivity index (χ3v) is 6.51. The van der Waals surface area contributed by atoms with E-state index in [0.717, 1.165) is 7.11 Å². The molecule has 0 amide bonds. The molecule has 30 heavy (non-hydrogen) atoms. The highest BCUT2D eigenvalue weighted by Crippen LogP contribution is 2.52. The predicted molar refractivity (Wildman–Crippen MR) is 103 cm³/mol. The van der Waals surface area contributed by atoms with Crippen LogP contribution in [0.1, 0.15) is 63.6 Å². The van der Waals surface area contributed by atoms with E-state index in [0.29, 0.717) is 0 Å². The monoisotopic (exact) mass is 414 g/mol. The lowest BCUT2D eigenvalue weighted by Gasteiger charge is -2.42. The third-order valence-electron chi connectivity index (χ3n) is 6.51. The Morgan fingerprint density at radius 2 is 1.97 bits per heavy atom. The molecule has 0 fully saturated rings. The molecule has 8 heteroatoms. The van der Waals surface area contributed by atoms with Gasteiger partial charge in [-0.3, -0.25) is 14.4 Å². The molecule has 4 N–H and O–H groups in total. The molecule has 0 aliphatic heterocycles. The zero-order valence-corrected chi connectivity index (χ0v) is 16.5. The predicted octanol–water partition coefficient (Wildman–Crippen LogP) is 1.85. The normalized spacial score (nSPS) is 32.1. The number of esters is 1. The van der Waals surface area contributed by atoms with Gasteiger partial charge in [-0.2, -0.15) is 0 Å². The van der Waals surface area contributed by atoms with Crippen molar-refractivity contribution in [1.82, 2.24) is 0 Å². The van der Waals surface area contributed by atoms with Crippen LogP contribution in [-0.2, 0) is 9.53 Å². The van der Waals surface area contributed by atoms with Gasteiger partial charge in [-0.15, -0.1) is 0 Å². The van der Waals surface area contributed by atoms with Crippen molar-refractivity contribution in [1.29, 1.82) is 0 Å². The van der Waals surface area contributed by atoms with E-state index in [2.05, 4.69) is 0 Å². The lowest BCUT2D eigenvalue weighted by Crippen LogP contribution is -2.46. The number of aliphatic hydroxyl groups is 3. The number of allylic oxidation sites excluding steroid dienone is 4. The van der Waals surface area contributed by atoms with E-state index in [1.807, 2.05) is 0 Å². The number of aliphatic hydroxyl groups excluding tert-OH is 2. The van der Waals surface area contributed by atoms with Crippen LogP contribution in [0.15, 0.2) is 30.1 Å². The molecule has 0 spiro atoms. The minimum Gasteiger partial charge on any atom is -0.512 e. The molecule has 0 radical (unpaired) electrons. The van der Waals surface area contributed by atoms with Gasteiger partial charge < -0.3 is 25.2 Å². The van der Waals surface area contributed by atoms with Gasteiger partial charge in [-0.05, 0) is 24.1 Å². The van der Waals surface area contributed by atoms with E-state index in [1.54, 1.807) is 6.92 Å². The average molecular weight is 414 g/mol. The minimum atomic E-state index is -1.66. The summed E-state index contributed by atoms with van der Waals surface area (Å²) in [6.45, 7) is 1.65. The summed E-state index contributed by atoms with van der Waals surface area (Å²) >= 11 is 0. The number of carbonyl (C=O) groups is 3. The molecule has 1 aromatic rings. The van der Waals surface area contributed by atoms with E-state index >= 15 is 0 Å². The zero-order chi connectivity index (χ0) is 22.0. The van der Waals surface area contributed by atoms with E-state index in [4.69, 9.17) is 4.74 Å². The van der Waals surface area contributed by atoms with Gasteiger partial charge >= 0.3 is 5.97 Å². The molecule has 0 saturated carbocycles. The topological polar surface area (TPSA) is 141 Å². The van der Waals surface area contributed by atoms with Crippen LogP contribution in [0.25, 0.3) is 0 Å². The standard InChI is InChI=1S/C22H22O8/c1-3-22(29)8-13(24)15-10(17(22)21(28)30-2)7-11-16(20(15)27)19(26)14-9(18(11)25)5-4-6-12(14)23/h4-7,9,13-14,17,23-24,27,29H,3,8H2,1-2H3/t9-,13+,14+,17+,22-/m1/s1. The van der Waals surface area contributed by atoms with Crippen molar-refractivity contribution < 1.29 is 39.5 Å². The van der Waals surface area contributed by atoms with Gasteiger partial charge in [0.25, 0.3) is 0 Å². The van der Waals surface area contributed by atoms with Crippen LogP contribution in [0, 0.1) is 11.8 Å².